The quantitative estimate of drug-likeness (QED) is 0.737. The lowest BCUT2D eigenvalue weighted by Gasteiger charge is -2.26. The zero-order valence-corrected chi connectivity index (χ0v) is 15.5. The van der Waals surface area contributed by atoms with Crippen LogP contribution in [-0.2, 0) is 11.3 Å². The van der Waals surface area contributed by atoms with Crippen LogP contribution >= 0.6 is 0 Å². The number of benzene rings is 2. The number of nitrogens with zero attached hydrogens (tertiary/aromatic N) is 1. The Morgan fingerprint density at radius 2 is 1.85 bits per heavy atom. The van der Waals surface area contributed by atoms with Crippen molar-refractivity contribution in [3.63, 3.8) is 0 Å². The monoisotopic (exact) mass is 355 g/mol. The highest BCUT2D eigenvalue weighted by Gasteiger charge is 2.28. The number of methoxy groups -OCH3 is 3. The molecule has 2 aromatic carbocycles. The van der Waals surface area contributed by atoms with Gasteiger partial charge in [0, 0.05) is 24.2 Å². The van der Waals surface area contributed by atoms with Crippen LogP contribution in [0.3, 0.4) is 0 Å². The van der Waals surface area contributed by atoms with Gasteiger partial charge in [0.05, 0.1) is 26.9 Å². The number of rotatable bonds is 6. The standard InChI is InChI=1S/C21H25NO4/c1-24-17-10-11-18(20(13-17)25-2)19-5-4-12-22(19)14-15-6-8-16(9-7-15)21(23)26-3/h6-11,13,19H,4-5,12,14H2,1-3H3/t19-/m1/s1. The van der Waals surface area contributed by atoms with Gasteiger partial charge >= 0.3 is 5.97 Å². The highest BCUT2D eigenvalue weighted by atomic mass is 16.5. The average Bonchev–Trinajstić information content (AvgIpc) is 3.15. The van der Waals surface area contributed by atoms with E-state index in [0.717, 1.165) is 37.4 Å². The molecule has 3 rings (SSSR count). The van der Waals surface area contributed by atoms with Crippen LogP contribution in [0, 0.1) is 0 Å². The molecule has 1 aliphatic rings. The first-order chi connectivity index (χ1) is 12.7. The van der Waals surface area contributed by atoms with Crippen LogP contribution in [0.1, 0.15) is 40.4 Å². The molecule has 0 saturated carbocycles. The van der Waals surface area contributed by atoms with E-state index in [2.05, 4.69) is 11.0 Å². The third-order valence-corrected chi connectivity index (χ3v) is 4.92. The minimum Gasteiger partial charge on any atom is -0.497 e. The SMILES string of the molecule is COC(=O)c1ccc(CN2CCC[C@@H]2c2ccc(OC)cc2OC)cc1. The Kier molecular flexibility index (Phi) is 5.78. The van der Waals surface area contributed by atoms with E-state index in [1.807, 2.05) is 36.4 Å². The van der Waals surface area contributed by atoms with Gasteiger partial charge in [-0.15, -0.1) is 0 Å². The van der Waals surface area contributed by atoms with Crippen molar-refractivity contribution >= 4 is 5.97 Å². The van der Waals surface area contributed by atoms with Crippen molar-refractivity contribution in [3.05, 3.63) is 59.2 Å². The maximum Gasteiger partial charge on any atom is 0.337 e. The Bertz CT molecular complexity index is 757. The topological polar surface area (TPSA) is 48.0 Å². The Hall–Kier alpha value is -2.53. The van der Waals surface area contributed by atoms with Crippen LogP contribution in [-0.4, -0.2) is 38.7 Å². The lowest BCUT2D eigenvalue weighted by Crippen LogP contribution is -2.23. The summed E-state index contributed by atoms with van der Waals surface area (Å²) < 4.78 is 15.7. The van der Waals surface area contributed by atoms with Gasteiger partial charge in [-0.25, -0.2) is 4.79 Å². The van der Waals surface area contributed by atoms with Crippen molar-refractivity contribution in [1.29, 1.82) is 0 Å². The number of ether oxygens (including phenoxy) is 3. The van der Waals surface area contributed by atoms with Crippen LogP contribution in [0.25, 0.3) is 0 Å². The van der Waals surface area contributed by atoms with Gasteiger partial charge in [-0.3, -0.25) is 4.90 Å². The predicted octanol–water partition coefficient (Wildman–Crippen LogP) is 3.83. The molecular formula is C21H25NO4. The molecule has 1 saturated heterocycles. The minimum absolute atomic E-state index is 0.307. The van der Waals surface area contributed by atoms with Gasteiger partial charge in [-0.05, 0) is 43.1 Å². The third kappa shape index (κ3) is 3.83. The van der Waals surface area contributed by atoms with E-state index < -0.39 is 0 Å². The van der Waals surface area contributed by atoms with Crippen molar-refractivity contribution in [2.75, 3.05) is 27.9 Å². The summed E-state index contributed by atoms with van der Waals surface area (Å²) in [5.74, 6) is 1.36. The van der Waals surface area contributed by atoms with Crippen molar-refractivity contribution in [3.8, 4) is 11.5 Å². The molecule has 2 aromatic rings. The number of carbonyl (C=O) groups excluding carboxylic acids is 1. The van der Waals surface area contributed by atoms with Gasteiger partial charge in [0.2, 0.25) is 0 Å². The van der Waals surface area contributed by atoms with Crippen molar-refractivity contribution in [2.24, 2.45) is 0 Å². The Labute approximate surface area is 154 Å². The van der Waals surface area contributed by atoms with E-state index in [0.29, 0.717) is 11.6 Å². The van der Waals surface area contributed by atoms with Crippen molar-refractivity contribution in [1.82, 2.24) is 4.90 Å². The zero-order chi connectivity index (χ0) is 18.5. The fourth-order valence-corrected chi connectivity index (χ4v) is 3.56. The lowest BCUT2D eigenvalue weighted by atomic mass is 10.0. The second-order valence-corrected chi connectivity index (χ2v) is 6.42. The van der Waals surface area contributed by atoms with Crippen LogP contribution in [0.4, 0.5) is 0 Å². The molecule has 1 aliphatic heterocycles. The third-order valence-electron chi connectivity index (χ3n) is 4.92. The van der Waals surface area contributed by atoms with E-state index in [1.54, 1.807) is 14.2 Å². The van der Waals surface area contributed by atoms with E-state index >= 15 is 0 Å². The van der Waals surface area contributed by atoms with Crippen LogP contribution in [0.5, 0.6) is 11.5 Å². The molecule has 1 atom stereocenters. The lowest BCUT2D eigenvalue weighted by molar-refractivity contribution is 0.0600. The summed E-state index contributed by atoms with van der Waals surface area (Å²) in [6.07, 6.45) is 2.25. The maximum atomic E-state index is 11.6. The molecular weight excluding hydrogens is 330 g/mol. The number of carbonyl (C=O) groups is 1. The normalized spacial score (nSPS) is 17.1. The predicted molar refractivity (Wildman–Crippen MR) is 99.7 cm³/mol. The van der Waals surface area contributed by atoms with Crippen molar-refractivity contribution in [2.45, 2.75) is 25.4 Å². The first-order valence-electron chi connectivity index (χ1n) is 8.79. The summed E-state index contributed by atoms with van der Waals surface area (Å²) in [4.78, 5) is 14.0. The summed E-state index contributed by atoms with van der Waals surface area (Å²) in [7, 11) is 4.75. The Morgan fingerprint density at radius 3 is 2.50 bits per heavy atom. The van der Waals surface area contributed by atoms with Gasteiger partial charge in [0.15, 0.2) is 0 Å². The Morgan fingerprint density at radius 1 is 1.08 bits per heavy atom. The second kappa shape index (κ2) is 8.23. The van der Waals surface area contributed by atoms with Gasteiger partial charge in [-0.1, -0.05) is 18.2 Å². The van der Waals surface area contributed by atoms with Gasteiger partial charge in [0.25, 0.3) is 0 Å². The molecule has 1 fully saturated rings. The van der Waals surface area contributed by atoms with E-state index in [4.69, 9.17) is 14.2 Å². The molecule has 5 nitrogen and oxygen atoms in total. The zero-order valence-electron chi connectivity index (χ0n) is 15.5. The molecule has 0 aliphatic carbocycles. The Balaban J connectivity index is 1.77. The summed E-state index contributed by atoms with van der Waals surface area (Å²) >= 11 is 0. The van der Waals surface area contributed by atoms with E-state index in [9.17, 15) is 4.79 Å². The molecule has 0 unspecified atom stereocenters. The van der Waals surface area contributed by atoms with E-state index in [-0.39, 0.29) is 5.97 Å². The highest BCUT2D eigenvalue weighted by Crippen LogP contribution is 2.39. The van der Waals surface area contributed by atoms with Gasteiger partial charge in [0.1, 0.15) is 11.5 Å². The summed E-state index contributed by atoms with van der Waals surface area (Å²) in [6, 6.07) is 14.0. The van der Waals surface area contributed by atoms with Gasteiger partial charge < -0.3 is 14.2 Å². The number of esters is 1. The average molecular weight is 355 g/mol. The fraction of sp³-hybridized carbons (Fsp3) is 0.381. The minimum atomic E-state index is -0.307. The van der Waals surface area contributed by atoms with Crippen LogP contribution in [0.2, 0.25) is 0 Å². The van der Waals surface area contributed by atoms with E-state index in [1.165, 1.54) is 18.2 Å². The van der Waals surface area contributed by atoms with Crippen molar-refractivity contribution < 1.29 is 19.0 Å². The molecule has 26 heavy (non-hydrogen) atoms. The maximum absolute atomic E-state index is 11.6. The summed E-state index contributed by atoms with van der Waals surface area (Å²) in [6.45, 7) is 1.87. The molecule has 0 bridgehead atoms. The molecule has 0 amide bonds. The molecule has 138 valence electrons. The number of likely N-dealkylation sites (tertiary alicyclic amines) is 1. The second-order valence-electron chi connectivity index (χ2n) is 6.42. The molecule has 5 heteroatoms. The first kappa shape index (κ1) is 18.3. The highest BCUT2D eigenvalue weighted by molar-refractivity contribution is 5.89. The fourth-order valence-electron chi connectivity index (χ4n) is 3.56. The summed E-state index contributed by atoms with van der Waals surface area (Å²) in [5, 5.41) is 0. The van der Waals surface area contributed by atoms with Crippen LogP contribution in [0.15, 0.2) is 42.5 Å². The molecule has 0 aromatic heterocycles. The molecule has 0 spiro atoms. The van der Waals surface area contributed by atoms with Gasteiger partial charge in [-0.2, -0.15) is 0 Å². The molecule has 1 heterocycles. The number of hydrogen-bond acceptors (Lipinski definition) is 5. The number of hydrogen-bond donors (Lipinski definition) is 0. The van der Waals surface area contributed by atoms with Crippen LogP contribution < -0.4 is 9.47 Å². The largest absolute Gasteiger partial charge is 0.497 e. The molecule has 0 radical (unpaired) electrons. The first-order valence-corrected chi connectivity index (χ1v) is 8.79. The smallest absolute Gasteiger partial charge is 0.337 e. The molecule has 0 N–H and O–H groups in total. The summed E-state index contributed by atoms with van der Waals surface area (Å²) in [5.41, 5.74) is 2.94.